The molecule has 0 aliphatic heterocycles. The van der Waals surface area contributed by atoms with Crippen LogP contribution >= 0.6 is 0 Å². The van der Waals surface area contributed by atoms with Gasteiger partial charge in [-0.05, 0) is 18.0 Å². The molecule has 0 saturated carbocycles. The van der Waals surface area contributed by atoms with Gasteiger partial charge in [0.1, 0.15) is 11.6 Å². The third kappa shape index (κ3) is 3.66. The Morgan fingerprint density at radius 2 is 2.47 bits per heavy atom. The molecule has 0 aromatic carbocycles. The Morgan fingerprint density at radius 1 is 1.67 bits per heavy atom. The molecule has 0 radical (unpaired) electrons. The highest BCUT2D eigenvalue weighted by atomic mass is 19.1. The van der Waals surface area contributed by atoms with Crippen molar-refractivity contribution < 1.29 is 4.39 Å². The standard InChI is InChI=1S/C9H10FN5/c10-8-5-7(9(11)13-6-8)3-1-2-4-14-15-12/h1,3,5-6H,2,4H2,(H2,11,13). The van der Waals surface area contributed by atoms with E-state index in [4.69, 9.17) is 11.3 Å². The molecule has 1 aromatic rings. The van der Waals surface area contributed by atoms with Crippen LogP contribution < -0.4 is 5.73 Å². The Morgan fingerprint density at radius 3 is 3.20 bits per heavy atom. The molecule has 0 saturated heterocycles. The van der Waals surface area contributed by atoms with Gasteiger partial charge in [-0.1, -0.05) is 17.3 Å². The van der Waals surface area contributed by atoms with E-state index in [-0.39, 0.29) is 5.82 Å². The minimum absolute atomic E-state index is 0.274. The number of nitrogens with two attached hydrogens (primary N) is 1. The molecular weight excluding hydrogens is 197 g/mol. The summed E-state index contributed by atoms with van der Waals surface area (Å²) in [4.78, 5) is 6.27. The van der Waals surface area contributed by atoms with Gasteiger partial charge >= 0.3 is 0 Å². The van der Waals surface area contributed by atoms with Gasteiger partial charge in [-0.25, -0.2) is 9.37 Å². The zero-order valence-electron chi connectivity index (χ0n) is 7.97. The number of rotatable bonds is 4. The van der Waals surface area contributed by atoms with Crippen molar-refractivity contribution in [3.8, 4) is 0 Å². The van der Waals surface area contributed by atoms with Crippen molar-refractivity contribution in [2.75, 3.05) is 12.3 Å². The van der Waals surface area contributed by atoms with Crippen molar-refractivity contribution in [1.29, 1.82) is 0 Å². The first-order valence-corrected chi connectivity index (χ1v) is 4.32. The summed E-state index contributed by atoms with van der Waals surface area (Å²) in [6.45, 7) is 0.371. The molecule has 0 amide bonds. The first-order chi connectivity index (χ1) is 7.24. The van der Waals surface area contributed by atoms with Crippen molar-refractivity contribution in [3.63, 3.8) is 0 Å². The monoisotopic (exact) mass is 207 g/mol. The van der Waals surface area contributed by atoms with E-state index < -0.39 is 5.82 Å². The molecule has 5 nitrogen and oxygen atoms in total. The second-order valence-electron chi connectivity index (χ2n) is 2.77. The van der Waals surface area contributed by atoms with E-state index in [1.165, 1.54) is 6.07 Å². The number of anilines is 1. The van der Waals surface area contributed by atoms with Gasteiger partial charge in [0.2, 0.25) is 0 Å². The van der Waals surface area contributed by atoms with Crippen LogP contribution in [0.15, 0.2) is 23.5 Å². The van der Waals surface area contributed by atoms with E-state index in [0.29, 0.717) is 18.5 Å². The summed E-state index contributed by atoms with van der Waals surface area (Å²) in [5.74, 6) is -0.157. The van der Waals surface area contributed by atoms with E-state index in [9.17, 15) is 4.39 Å². The van der Waals surface area contributed by atoms with Crippen LogP contribution in [0.5, 0.6) is 0 Å². The molecule has 0 aliphatic rings. The summed E-state index contributed by atoms with van der Waals surface area (Å²) in [6.07, 6.45) is 5.05. The topological polar surface area (TPSA) is 87.7 Å². The summed E-state index contributed by atoms with van der Waals surface area (Å²) in [7, 11) is 0. The predicted octanol–water partition coefficient (Wildman–Crippen LogP) is 2.52. The van der Waals surface area contributed by atoms with Gasteiger partial charge in [0.05, 0.1) is 6.20 Å². The summed E-state index contributed by atoms with van der Waals surface area (Å²) < 4.78 is 12.8. The number of nitrogens with zero attached hydrogens (tertiary/aromatic N) is 4. The fraction of sp³-hybridized carbons (Fsp3) is 0.222. The molecule has 6 heteroatoms. The Bertz CT molecular complexity index is 409. The van der Waals surface area contributed by atoms with E-state index in [2.05, 4.69) is 15.0 Å². The lowest BCUT2D eigenvalue weighted by Gasteiger charge is -1.98. The Hall–Kier alpha value is -2.07. The average molecular weight is 207 g/mol. The van der Waals surface area contributed by atoms with Gasteiger partial charge < -0.3 is 5.73 Å². The zero-order chi connectivity index (χ0) is 11.1. The largest absolute Gasteiger partial charge is 0.383 e. The second-order valence-corrected chi connectivity index (χ2v) is 2.77. The van der Waals surface area contributed by atoms with Crippen molar-refractivity contribution in [2.45, 2.75) is 6.42 Å². The fourth-order valence-corrected chi connectivity index (χ4v) is 0.986. The average Bonchev–Trinajstić information content (AvgIpc) is 2.23. The van der Waals surface area contributed by atoms with Gasteiger partial charge in [0.15, 0.2) is 0 Å². The van der Waals surface area contributed by atoms with E-state index >= 15 is 0 Å². The molecule has 1 rings (SSSR count). The molecule has 0 fully saturated rings. The Balaban J connectivity index is 2.63. The van der Waals surface area contributed by atoms with Crippen LogP contribution in [0.1, 0.15) is 12.0 Å². The highest BCUT2D eigenvalue weighted by molar-refractivity contribution is 5.60. The molecule has 2 N–H and O–H groups in total. The summed E-state index contributed by atoms with van der Waals surface area (Å²) in [5, 5.41) is 3.35. The van der Waals surface area contributed by atoms with Crippen LogP contribution in [0.2, 0.25) is 0 Å². The highest BCUT2D eigenvalue weighted by Gasteiger charge is 1.97. The Labute approximate surface area is 86.1 Å². The minimum Gasteiger partial charge on any atom is -0.383 e. The van der Waals surface area contributed by atoms with Crippen molar-refractivity contribution in [1.82, 2.24) is 4.98 Å². The second kappa shape index (κ2) is 5.62. The summed E-state index contributed by atoms with van der Waals surface area (Å²) in [6, 6.07) is 1.30. The van der Waals surface area contributed by atoms with Crippen LogP contribution in [0.3, 0.4) is 0 Å². The van der Waals surface area contributed by atoms with Crippen LogP contribution in [0.25, 0.3) is 16.5 Å². The third-order valence-corrected chi connectivity index (χ3v) is 1.67. The van der Waals surface area contributed by atoms with Crippen molar-refractivity contribution in [3.05, 3.63) is 40.2 Å². The number of halogens is 1. The van der Waals surface area contributed by atoms with Gasteiger partial charge in [-0.15, -0.1) is 0 Å². The lowest BCUT2D eigenvalue weighted by Crippen LogP contribution is -1.94. The zero-order valence-corrected chi connectivity index (χ0v) is 7.97. The SMILES string of the molecule is [N-]=[N+]=NCCC=Cc1cc(F)cnc1N. The number of hydrogen-bond acceptors (Lipinski definition) is 3. The number of pyridine rings is 1. The number of aromatic nitrogens is 1. The third-order valence-electron chi connectivity index (χ3n) is 1.67. The van der Waals surface area contributed by atoms with Crippen LogP contribution in [0, 0.1) is 5.82 Å². The van der Waals surface area contributed by atoms with Gasteiger partial charge in [0.25, 0.3) is 0 Å². The van der Waals surface area contributed by atoms with Crippen LogP contribution in [0.4, 0.5) is 10.2 Å². The minimum atomic E-state index is -0.432. The van der Waals surface area contributed by atoms with Crippen molar-refractivity contribution in [2.24, 2.45) is 5.11 Å². The molecule has 0 spiro atoms. The molecule has 78 valence electrons. The maximum absolute atomic E-state index is 12.8. The van der Waals surface area contributed by atoms with E-state index in [1.807, 2.05) is 0 Å². The van der Waals surface area contributed by atoms with E-state index in [1.54, 1.807) is 12.2 Å². The number of hydrogen-bond donors (Lipinski definition) is 1. The lowest BCUT2D eigenvalue weighted by molar-refractivity contribution is 0.621. The van der Waals surface area contributed by atoms with Crippen LogP contribution in [-0.4, -0.2) is 11.5 Å². The first kappa shape index (κ1) is 11.0. The summed E-state index contributed by atoms with van der Waals surface area (Å²) in [5.41, 5.74) is 14.1. The van der Waals surface area contributed by atoms with Crippen molar-refractivity contribution >= 4 is 11.9 Å². The quantitative estimate of drug-likeness (QED) is 0.356. The molecule has 0 bridgehead atoms. The van der Waals surface area contributed by atoms with E-state index in [0.717, 1.165) is 6.20 Å². The van der Waals surface area contributed by atoms with Gasteiger partial charge in [-0.2, -0.15) is 0 Å². The molecule has 1 aromatic heterocycles. The fourth-order valence-electron chi connectivity index (χ4n) is 0.986. The molecule has 0 aliphatic carbocycles. The predicted molar refractivity (Wildman–Crippen MR) is 56.3 cm³/mol. The van der Waals surface area contributed by atoms with Gasteiger partial charge in [-0.3, -0.25) is 0 Å². The lowest BCUT2D eigenvalue weighted by atomic mass is 10.2. The highest BCUT2D eigenvalue weighted by Crippen LogP contribution is 2.11. The smallest absolute Gasteiger partial charge is 0.142 e. The van der Waals surface area contributed by atoms with Gasteiger partial charge in [0, 0.05) is 17.0 Å². The first-order valence-electron chi connectivity index (χ1n) is 4.32. The maximum atomic E-state index is 12.8. The normalized spacial score (nSPS) is 10.2. The molecule has 0 unspecified atom stereocenters. The number of nitrogen functional groups attached to an aromatic ring is 1. The molecule has 15 heavy (non-hydrogen) atoms. The maximum Gasteiger partial charge on any atom is 0.142 e. The Kier molecular flexibility index (Phi) is 4.12. The van der Waals surface area contributed by atoms with Crippen LogP contribution in [-0.2, 0) is 0 Å². The molecular formula is C9H10FN5. The molecule has 0 atom stereocenters. The summed E-state index contributed by atoms with van der Waals surface area (Å²) >= 11 is 0. The number of azide groups is 1. The molecule has 1 heterocycles.